The third kappa shape index (κ3) is 3.93. The molecule has 0 radical (unpaired) electrons. The Morgan fingerprint density at radius 3 is 2.13 bits per heavy atom. The number of hydrogen-bond donors (Lipinski definition) is 0. The van der Waals surface area contributed by atoms with Crippen molar-refractivity contribution in [2.24, 2.45) is 11.8 Å². The Bertz CT molecular complexity index is 896. The Labute approximate surface area is 178 Å². The van der Waals surface area contributed by atoms with Crippen molar-refractivity contribution in [2.75, 3.05) is 31.1 Å². The molecule has 2 aliphatic heterocycles. The van der Waals surface area contributed by atoms with Crippen LogP contribution in [0.4, 0.5) is 18.9 Å². The maximum absolute atomic E-state index is 13.0. The van der Waals surface area contributed by atoms with Crippen molar-refractivity contribution < 1.29 is 27.6 Å². The number of halogens is 3. The van der Waals surface area contributed by atoms with E-state index in [2.05, 4.69) is 0 Å². The quantitative estimate of drug-likeness (QED) is 0.541. The fourth-order valence-electron chi connectivity index (χ4n) is 4.65. The number of carbonyl (C=O) groups excluding carboxylic acids is 3. The van der Waals surface area contributed by atoms with E-state index in [-0.39, 0.29) is 29.6 Å². The predicted octanol–water partition coefficient (Wildman–Crippen LogP) is 2.69. The summed E-state index contributed by atoms with van der Waals surface area (Å²) in [7, 11) is 0. The summed E-state index contributed by atoms with van der Waals surface area (Å²) in [6.45, 7) is 2.93. The van der Waals surface area contributed by atoms with E-state index in [0.29, 0.717) is 44.7 Å². The number of hydrogen-bond acceptors (Lipinski definition) is 4. The lowest BCUT2D eigenvalue weighted by molar-refractivity contribution is -0.151. The van der Waals surface area contributed by atoms with Gasteiger partial charge in [-0.2, -0.15) is 13.2 Å². The van der Waals surface area contributed by atoms with Crippen LogP contribution in [0.15, 0.2) is 36.4 Å². The third-order valence-corrected chi connectivity index (χ3v) is 6.42. The number of nitrogens with zero attached hydrogens (tertiary/aromatic N) is 3. The predicted molar refractivity (Wildman–Crippen MR) is 107 cm³/mol. The number of piperazine rings is 1. The molecule has 2 fully saturated rings. The normalized spacial score (nSPS) is 25.1. The van der Waals surface area contributed by atoms with Crippen molar-refractivity contribution in [3.8, 4) is 0 Å². The maximum atomic E-state index is 13.0. The number of amides is 3. The number of carbonyl (C=O) groups is 3. The molecule has 1 aromatic carbocycles. The Kier molecular flexibility index (Phi) is 5.53. The lowest BCUT2D eigenvalue weighted by atomic mass is 9.85. The molecule has 0 aromatic heterocycles. The fourth-order valence-corrected chi connectivity index (χ4v) is 4.65. The Hall–Kier alpha value is -2.84. The minimum absolute atomic E-state index is 0.289. The van der Waals surface area contributed by atoms with E-state index in [1.165, 1.54) is 6.07 Å². The second-order valence-corrected chi connectivity index (χ2v) is 8.24. The van der Waals surface area contributed by atoms with Gasteiger partial charge >= 0.3 is 6.18 Å². The number of rotatable bonds is 3. The van der Waals surface area contributed by atoms with Gasteiger partial charge in [-0.1, -0.05) is 18.2 Å². The molecule has 2 unspecified atom stereocenters. The summed E-state index contributed by atoms with van der Waals surface area (Å²) in [6, 6.07) is 4.24. The van der Waals surface area contributed by atoms with Crippen LogP contribution >= 0.6 is 0 Å². The van der Waals surface area contributed by atoms with Gasteiger partial charge in [-0.05, 0) is 38.0 Å². The van der Waals surface area contributed by atoms with Gasteiger partial charge in [0.2, 0.25) is 17.7 Å². The van der Waals surface area contributed by atoms with E-state index in [1.807, 2.05) is 12.2 Å². The molecule has 0 bridgehead atoms. The van der Waals surface area contributed by atoms with Gasteiger partial charge in [-0.3, -0.25) is 19.3 Å². The molecule has 4 rings (SSSR count). The van der Waals surface area contributed by atoms with Gasteiger partial charge in [0.05, 0.1) is 17.4 Å². The van der Waals surface area contributed by atoms with Gasteiger partial charge in [0, 0.05) is 31.9 Å². The molecule has 31 heavy (non-hydrogen) atoms. The monoisotopic (exact) mass is 435 g/mol. The second kappa shape index (κ2) is 8.01. The van der Waals surface area contributed by atoms with Crippen LogP contribution in [-0.4, -0.2) is 59.7 Å². The van der Waals surface area contributed by atoms with Gasteiger partial charge in [0.25, 0.3) is 0 Å². The van der Waals surface area contributed by atoms with Gasteiger partial charge in [0.1, 0.15) is 6.04 Å². The Morgan fingerprint density at radius 1 is 1.00 bits per heavy atom. The highest BCUT2D eigenvalue weighted by molar-refractivity contribution is 6.08. The van der Waals surface area contributed by atoms with Crippen molar-refractivity contribution in [2.45, 2.75) is 32.0 Å². The Balaban J connectivity index is 1.40. The van der Waals surface area contributed by atoms with Gasteiger partial charge in [-0.25, -0.2) is 0 Å². The summed E-state index contributed by atoms with van der Waals surface area (Å²) in [4.78, 5) is 43.0. The first-order valence-corrected chi connectivity index (χ1v) is 10.4. The topological polar surface area (TPSA) is 60.9 Å². The molecule has 166 valence electrons. The third-order valence-electron chi connectivity index (χ3n) is 6.42. The van der Waals surface area contributed by atoms with Crippen LogP contribution < -0.4 is 4.90 Å². The van der Waals surface area contributed by atoms with E-state index >= 15 is 0 Å². The SMILES string of the molecule is C[C@@H](C(=O)N1CCN(c2cccc(C(F)(F)F)c2)CC1)N1C(=O)C2CC=CCC2C1=O. The smallest absolute Gasteiger partial charge is 0.368 e. The first kappa shape index (κ1) is 21.4. The van der Waals surface area contributed by atoms with Crippen molar-refractivity contribution in [1.29, 1.82) is 0 Å². The molecule has 9 heteroatoms. The van der Waals surface area contributed by atoms with Crippen LogP contribution in [0.25, 0.3) is 0 Å². The molecule has 3 atom stereocenters. The van der Waals surface area contributed by atoms with Crippen molar-refractivity contribution >= 4 is 23.4 Å². The molecule has 0 saturated carbocycles. The van der Waals surface area contributed by atoms with Gasteiger partial charge in [-0.15, -0.1) is 0 Å². The average Bonchev–Trinajstić information content (AvgIpc) is 3.03. The number of alkyl halides is 3. The van der Waals surface area contributed by atoms with Gasteiger partial charge in [0.15, 0.2) is 0 Å². The largest absolute Gasteiger partial charge is 0.416 e. The molecular formula is C22H24F3N3O3. The van der Waals surface area contributed by atoms with Crippen LogP contribution in [-0.2, 0) is 20.6 Å². The number of benzene rings is 1. The highest BCUT2D eigenvalue weighted by Crippen LogP contribution is 2.36. The minimum atomic E-state index is -4.41. The van der Waals surface area contributed by atoms with E-state index in [1.54, 1.807) is 22.8 Å². The first-order chi connectivity index (χ1) is 14.7. The van der Waals surface area contributed by atoms with Crippen molar-refractivity contribution in [1.82, 2.24) is 9.80 Å². The minimum Gasteiger partial charge on any atom is -0.368 e. The number of anilines is 1. The summed E-state index contributed by atoms with van der Waals surface area (Å²) in [6.07, 6.45) is 0.417. The van der Waals surface area contributed by atoms with E-state index in [4.69, 9.17) is 0 Å². The molecule has 3 aliphatic rings. The van der Waals surface area contributed by atoms with Crippen LogP contribution in [0.2, 0.25) is 0 Å². The highest BCUT2D eigenvalue weighted by Gasteiger charge is 2.50. The molecule has 0 N–H and O–H groups in total. The van der Waals surface area contributed by atoms with E-state index in [0.717, 1.165) is 17.0 Å². The van der Waals surface area contributed by atoms with Crippen LogP contribution in [0, 0.1) is 11.8 Å². The zero-order valence-corrected chi connectivity index (χ0v) is 17.1. The standard InChI is InChI=1S/C22H24F3N3O3/c1-14(28-20(30)17-7-2-3-8-18(17)21(28)31)19(29)27-11-9-26(10-12-27)16-6-4-5-15(13-16)22(23,24)25/h2-6,13-14,17-18H,7-12H2,1H3/t14-,17?,18?/m0/s1. The summed E-state index contributed by atoms with van der Waals surface area (Å²) >= 11 is 0. The second-order valence-electron chi connectivity index (χ2n) is 8.24. The molecule has 6 nitrogen and oxygen atoms in total. The van der Waals surface area contributed by atoms with Crippen LogP contribution in [0.5, 0.6) is 0 Å². The van der Waals surface area contributed by atoms with Gasteiger partial charge < -0.3 is 9.80 Å². The molecule has 3 amide bonds. The maximum Gasteiger partial charge on any atom is 0.416 e. The zero-order valence-electron chi connectivity index (χ0n) is 17.1. The lowest BCUT2D eigenvalue weighted by Gasteiger charge is -2.38. The number of imide groups is 1. The fraction of sp³-hybridized carbons (Fsp3) is 0.500. The van der Waals surface area contributed by atoms with E-state index < -0.39 is 17.8 Å². The number of fused-ring (bicyclic) bond motifs is 1. The Morgan fingerprint density at radius 2 is 1.58 bits per heavy atom. The lowest BCUT2D eigenvalue weighted by Crippen LogP contribution is -2.55. The van der Waals surface area contributed by atoms with Crippen LogP contribution in [0.3, 0.4) is 0 Å². The molecular weight excluding hydrogens is 411 g/mol. The van der Waals surface area contributed by atoms with Crippen molar-refractivity contribution in [3.63, 3.8) is 0 Å². The summed E-state index contributed by atoms with van der Waals surface area (Å²) in [5.74, 6) is -1.65. The summed E-state index contributed by atoms with van der Waals surface area (Å²) in [5, 5.41) is 0. The number of allylic oxidation sites excluding steroid dienone is 2. The first-order valence-electron chi connectivity index (χ1n) is 10.4. The molecule has 0 spiro atoms. The molecule has 2 heterocycles. The molecule has 1 aromatic rings. The molecule has 2 saturated heterocycles. The summed E-state index contributed by atoms with van der Waals surface area (Å²) < 4.78 is 38.9. The number of likely N-dealkylation sites (tertiary alicyclic amines) is 1. The average molecular weight is 435 g/mol. The van der Waals surface area contributed by atoms with Crippen LogP contribution in [0.1, 0.15) is 25.3 Å². The highest BCUT2D eigenvalue weighted by atomic mass is 19.4. The summed E-state index contributed by atoms with van der Waals surface area (Å²) in [5.41, 5.74) is -0.254. The van der Waals surface area contributed by atoms with E-state index in [9.17, 15) is 27.6 Å². The molecule has 1 aliphatic carbocycles. The zero-order chi connectivity index (χ0) is 22.3. The van der Waals surface area contributed by atoms with Crippen molar-refractivity contribution in [3.05, 3.63) is 42.0 Å².